The van der Waals surface area contributed by atoms with E-state index in [1.807, 2.05) is 0 Å². The Morgan fingerprint density at radius 3 is 2.56 bits per heavy atom. The maximum absolute atomic E-state index is 12.5. The van der Waals surface area contributed by atoms with Crippen LogP contribution in [0.2, 0.25) is 0 Å². The van der Waals surface area contributed by atoms with Crippen LogP contribution in [0, 0.1) is 0 Å². The second-order valence-electron chi connectivity index (χ2n) is 4.61. The number of hydrogen-bond donors (Lipinski definition) is 1. The van der Waals surface area contributed by atoms with Crippen LogP contribution in [-0.2, 0) is 11.0 Å². The van der Waals surface area contributed by atoms with Gasteiger partial charge < -0.3 is 10.1 Å². The monoisotopic (exact) mass is 257 g/mol. The summed E-state index contributed by atoms with van der Waals surface area (Å²) in [6, 6.07) is 3.12. The predicted molar refractivity (Wildman–Crippen MR) is 57.3 cm³/mol. The molecule has 1 heterocycles. The maximum atomic E-state index is 12.5. The summed E-state index contributed by atoms with van der Waals surface area (Å²) in [4.78, 5) is 11.8. The first-order chi connectivity index (χ1) is 8.41. The molecule has 1 aliphatic heterocycles. The number of rotatable bonds is 0. The number of alkyl halides is 3. The standard InChI is InChI=1S/C12H10F3NO2/c13-12(14,15)7-2-3-9-8(6-7)16-10(17)11(18-9)4-1-5-11/h2-3,6H,1,4-5H2,(H,16,17). The smallest absolute Gasteiger partial charge is 0.416 e. The highest BCUT2D eigenvalue weighted by Gasteiger charge is 2.49. The molecule has 1 spiro atoms. The van der Waals surface area contributed by atoms with Crippen LogP contribution in [0.5, 0.6) is 5.75 Å². The molecule has 1 amide bonds. The van der Waals surface area contributed by atoms with E-state index in [2.05, 4.69) is 5.32 Å². The number of fused-ring (bicyclic) bond motifs is 1. The summed E-state index contributed by atoms with van der Waals surface area (Å²) >= 11 is 0. The molecule has 1 saturated carbocycles. The minimum Gasteiger partial charge on any atom is -0.475 e. The maximum Gasteiger partial charge on any atom is 0.416 e. The third-order valence-corrected chi connectivity index (χ3v) is 3.44. The van der Waals surface area contributed by atoms with Crippen LogP contribution in [0.25, 0.3) is 0 Å². The Balaban J connectivity index is 1.98. The predicted octanol–water partition coefficient (Wildman–Crippen LogP) is 2.96. The third-order valence-electron chi connectivity index (χ3n) is 3.44. The van der Waals surface area contributed by atoms with E-state index in [-0.39, 0.29) is 11.6 Å². The second-order valence-corrected chi connectivity index (χ2v) is 4.61. The second kappa shape index (κ2) is 3.40. The zero-order valence-corrected chi connectivity index (χ0v) is 9.30. The number of carbonyl (C=O) groups is 1. The van der Waals surface area contributed by atoms with Crippen molar-refractivity contribution in [2.45, 2.75) is 31.0 Å². The van der Waals surface area contributed by atoms with Gasteiger partial charge in [-0.05, 0) is 37.5 Å². The van der Waals surface area contributed by atoms with Gasteiger partial charge in [-0.2, -0.15) is 13.2 Å². The van der Waals surface area contributed by atoms with Gasteiger partial charge in [-0.25, -0.2) is 0 Å². The van der Waals surface area contributed by atoms with Crippen molar-refractivity contribution in [1.29, 1.82) is 0 Å². The molecule has 0 saturated heterocycles. The highest BCUT2D eigenvalue weighted by molar-refractivity contribution is 6.01. The molecule has 0 atom stereocenters. The lowest BCUT2D eigenvalue weighted by atomic mass is 9.78. The van der Waals surface area contributed by atoms with Crippen molar-refractivity contribution in [3.05, 3.63) is 23.8 Å². The van der Waals surface area contributed by atoms with Crippen LogP contribution >= 0.6 is 0 Å². The van der Waals surface area contributed by atoms with Crippen LogP contribution in [0.4, 0.5) is 18.9 Å². The van der Waals surface area contributed by atoms with E-state index in [1.165, 1.54) is 6.07 Å². The topological polar surface area (TPSA) is 38.3 Å². The van der Waals surface area contributed by atoms with Gasteiger partial charge in [0, 0.05) is 0 Å². The molecule has 18 heavy (non-hydrogen) atoms. The number of nitrogens with one attached hydrogen (secondary N) is 1. The molecule has 0 radical (unpaired) electrons. The molecule has 96 valence electrons. The van der Waals surface area contributed by atoms with Crippen molar-refractivity contribution in [1.82, 2.24) is 0 Å². The Bertz CT molecular complexity index is 521. The van der Waals surface area contributed by atoms with Crippen molar-refractivity contribution >= 4 is 11.6 Å². The summed E-state index contributed by atoms with van der Waals surface area (Å²) in [7, 11) is 0. The number of benzene rings is 1. The largest absolute Gasteiger partial charge is 0.475 e. The lowest BCUT2D eigenvalue weighted by Crippen LogP contribution is -2.55. The highest BCUT2D eigenvalue weighted by atomic mass is 19.4. The molecule has 6 heteroatoms. The molecule has 0 bridgehead atoms. The number of anilines is 1. The zero-order valence-electron chi connectivity index (χ0n) is 9.30. The van der Waals surface area contributed by atoms with E-state index >= 15 is 0 Å². The fraction of sp³-hybridized carbons (Fsp3) is 0.417. The summed E-state index contributed by atoms with van der Waals surface area (Å²) in [6.45, 7) is 0. The van der Waals surface area contributed by atoms with Gasteiger partial charge in [0.1, 0.15) is 5.75 Å². The van der Waals surface area contributed by atoms with Crippen LogP contribution < -0.4 is 10.1 Å². The average molecular weight is 257 g/mol. The van der Waals surface area contributed by atoms with E-state index in [0.29, 0.717) is 18.6 Å². The Labute approximate surface area is 101 Å². The molecule has 1 aromatic carbocycles. The van der Waals surface area contributed by atoms with Gasteiger partial charge in [0.15, 0.2) is 5.60 Å². The minimum absolute atomic E-state index is 0.0901. The molecule has 1 fully saturated rings. The fourth-order valence-electron chi connectivity index (χ4n) is 2.21. The highest BCUT2D eigenvalue weighted by Crippen LogP contribution is 2.45. The summed E-state index contributed by atoms with van der Waals surface area (Å²) in [5, 5.41) is 2.50. The fourth-order valence-corrected chi connectivity index (χ4v) is 2.21. The summed E-state index contributed by atoms with van der Waals surface area (Å²) in [5.74, 6) is -0.0390. The van der Waals surface area contributed by atoms with Crippen molar-refractivity contribution in [3.8, 4) is 5.75 Å². The first-order valence-corrected chi connectivity index (χ1v) is 5.62. The number of amides is 1. The van der Waals surface area contributed by atoms with Crippen LogP contribution in [0.3, 0.4) is 0 Å². The quantitative estimate of drug-likeness (QED) is 0.776. The summed E-state index contributed by atoms with van der Waals surface area (Å²) in [6.07, 6.45) is -2.31. The lowest BCUT2D eigenvalue weighted by molar-refractivity contribution is -0.141. The lowest BCUT2D eigenvalue weighted by Gasteiger charge is -2.43. The molecule has 3 rings (SSSR count). The van der Waals surface area contributed by atoms with Crippen LogP contribution in [0.1, 0.15) is 24.8 Å². The van der Waals surface area contributed by atoms with Gasteiger partial charge in [-0.15, -0.1) is 0 Å². The summed E-state index contributed by atoms with van der Waals surface area (Å²) in [5.41, 5.74) is -1.56. The molecule has 2 aliphatic rings. The van der Waals surface area contributed by atoms with E-state index in [4.69, 9.17) is 4.74 Å². The Hall–Kier alpha value is -1.72. The molecule has 0 aromatic heterocycles. The van der Waals surface area contributed by atoms with Crippen molar-refractivity contribution in [2.24, 2.45) is 0 Å². The van der Waals surface area contributed by atoms with Crippen molar-refractivity contribution in [2.75, 3.05) is 5.32 Å². The normalized spacial score (nSPS) is 20.7. The third kappa shape index (κ3) is 1.55. The average Bonchev–Trinajstić information content (AvgIpc) is 2.23. The van der Waals surface area contributed by atoms with Gasteiger partial charge in [-0.3, -0.25) is 4.79 Å². The summed E-state index contributed by atoms with van der Waals surface area (Å²) < 4.78 is 43.1. The molecule has 0 unspecified atom stereocenters. The first-order valence-electron chi connectivity index (χ1n) is 5.62. The number of hydrogen-bond acceptors (Lipinski definition) is 2. The van der Waals surface area contributed by atoms with Crippen molar-refractivity contribution in [3.63, 3.8) is 0 Å². The van der Waals surface area contributed by atoms with Gasteiger partial charge in [0.05, 0.1) is 11.3 Å². The Kier molecular flexibility index (Phi) is 2.15. The number of carbonyl (C=O) groups excluding carboxylic acids is 1. The molecule has 1 aliphatic carbocycles. The zero-order chi connectivity index (χ0) is 13.0. The van der Waals surface area contributed by atoms with Crippen molar-refractivity contribution < 1.29 is 22.7 Å². The minimum atomic E-state index is -4.43. The van der Waals surface area contributed by atoms with Gasteiger partial charge in [-0.1, -0.05) is 0 Å². The molecular weight excluding hydrogens is 247 g/mol. The van der Waals surface area contributed by atoms with Crippen LogP contribution in [0.15, 0.2) is 18.2 Å². The van der Waals surface area contributed by atoms with Gasteiger partial charge >= 0.3 is 6.18 Å². The first kappa shape index (κ1) is 11.4. The van der Waals surface area contributed by atoms with Gasteiger partial charge in [0.2, 0.25) is 0 Å². The Morgan fingerprint density at radius 2 is 2.00 bits per heavy atom. The SMILES string of the molecule is O=C1Nc2cc(C(F)(F)F)ccc2OC12CCC2. The Morgan fingerprint density at radius 1 is 1.28 bits per heavy atom. The van der Waals surface area contributed by atoms with E-state index < -0.39 is 17.3 Å². The molecule has 1 aromatic rings. The van der Waals surface area contributed by atoms with E-state index in [1.54, 1.807) is 0 Å². The molecule has 3 nitrogen and oxygen atoms in total. The van der Waals surface area contributed by atoms with Gasteiger partial charge in [0.25, 0.3) is 5.91 Å². The van der Waals surface area contributed by atoms with E-state index in [0.717, 1.165) is 18.6 Å². The molecule has 1 N–H and O–H groups in total. The number of ether oxygens (including phenoxy) is 1. The molecular formula is C12H10F3NO2. The van der Waals surface area contributed by atoms with Crippen LogP contribution in [-0.4, -0.2) is 11.5 Å². The van der Waals surface area contributed by atoms with E-state index in [9.17, 15) is 18.0 Å². The number of halogens is 3.